The second-order valence-electron chi connectivity index (χ2n) is 4.93. The minimum atomic E-state index is -0.465. The SMILES string of the molecule is CNC(=O)NC(=O)NC1CCCCCCCCC1. The van der Waals surface area contributed by atoms with Gasteiger partial charge in [0, 0.05) is 13.1 Å². The van der Waals surface area contributed by atoms with Crippen LogP contribution in [0, 0.1) is 0 Å². The highest BCUT2D eigenvalue weighted by atomic mass is 16.2. The van der Waals surface area contributed by atoms with Crippen LogP contribution in [0.2, 0.25) is 0 Å². The van der Waals surface area contributed by atoms with Crippen molar-refractivity contribution >= 4 is 12.1 Å². The number of amides is 4. The second-order valence-corrected chi connectivity index (χ2v) is 4.93. The molecule has 5 heteroatoms. The van der Waals surface area contributed by atoms with Crippen LogP contribution in [0.5, 0.6) is 0 Å². The zero-order chi connectivity index (χ0) is 13.2. The molecule has 1 aliphatic carbocycles. The van der Waals surface area contributed by atoms with Crippen LogP contribution in [-0.2, 0) is 0 Å². The van der Waals surface area contributed by atoms with E-state index in [-0.39, 0.29) is 6.04 Å². The van der Waals surface area contributed by atoms with Gasteiger partial charge in [-0.3, -0.25) is 5.32 Å². The molecular formula is C13H25N3O2. The average Bonchev–Trinajstić information content (AvgIpc) is 2.36. The summed E-state index contributed by atoms with van der Waals surface area (Å²) in [6.45, 7) is 0. The van der Waals surface area contributed by atoms with E-state index in [1.165, 1.54) is 39.2 Å². The summed E-state index contributed by atoms with van der Waals surface area (Å²) < 4.78 is 0. The van der Waals surface area contributed by atoms with Gasteiger partial charge in [0.15, 0.2) is 0 Å². The summed E-state index contributed by atoms with van der Waals surface area (Å²) >= 11 is 0. The number of imide groups is 1. The third-order valence-corrected chi connectivity index (χ3v) is 3.39. The maximum atomic E-state index is 11.5. The largest absolute Gasteiger partial charge is 0.341 e. The van der Waals surface area contributed by atoms with Crippen molar-refractivity contribution in [2.24, 2.45) is 0 Å². The highest BCUT2D eigenvalue weighted by Gasteiger charge is 2.14. The van der Waals surface area contributed by atoms with Gasteiger partial charge in [0.2, 0.25) is 0 Å². The fourth-order valence-corrected chi connectivity index (χ4v) is 2.34. The van der Waals surface area contributed by atoms with Gasteiger partial charge in [0.1, 0.15) is 0 Å². The standard InChI is InChI=1S/C13H25N3O2/c1-14-12(17)16-13(18)15-11-9-7-5-3-2-4-6-8-10-11/h11H,2-10H2,1H3,(H3,14,15,16,17,18). The molecule has 1 rings (SSSR count). The smallest absolute Gasteiger partial charge is 0.323 e. The molecule has 1 aliphatic rings. The molecule has 18 heavy (non-hydrogen) atoms. The Hall–Kier alpha value is -1.26. The zero-order valence-corrected chi connectivity index (χ0v) is 11.3. The number of carbonyl (C=O) groups excluding carboxylic acids is 2. The van der Waals surface area contributed by atoms with E-state index >= 15 is 0 Å². The molecule has 0 saturated heterocycles. The van der Waals surface area contributed by atoms with Crippen LogP contribution in [0.15, 0.2) is 0 Å². The Morgan fingerprint density at radius 2 is 1.33 bits per heavy atom. The lowest BCUT2D eigenvalue weighted by Crippen LogP contribution is -2.47. The highest BCUT2D eigenvalue weighted by Crippen LogP contribution is 2.16. The quantitative estimate of drug-likeness (QED) is 0.673. The Morgan fingerprint density at radius 3 is 1.83 bits per heavy atom. The molecule has 1 fully saturated rings. The topological polar surface area (TPSA) is 70.2 Å². The molecule has 0 aromatic carbocycles. The van der Waals surface area contributed by atoms with E-state index in [4.69, 9.17) is 0 Å². The minimum absolute atomic E-state index is 0.202. The zero-order valence-electron chi connectivity index (χ0n) is 11.3. The predicted octanol–water partition coefficient (Wildman–Crippen LogP) is 2.52. The lowest BCUT2D eigenvalue weighted by molar-refractivity contribution is 0.224. The summed E-state index contributed by atoms with van der Waals surface area (Å²) in [6, 6.07) is -0.656. The third kappa shape index (κ3) is 6.47. The molecule has 0 unspecified atom stereocenters. The maximum absolute atomic E-state index is 11.5. The van der Waals surface area contributed by atoms with Crippen molar-refractivity contribution in [3.63, 3.8) is 0 Å². The Bertz CT molecular complexity index is 259. The van der Waals surface area contributed by atoms with Gasteiger partial charge < -0.3 is 10.6 Å². The number of carbonyl (C=O) groups is 2. The van der Waals surface area contributed by atoms with Gasteiger partial charge in [0.05, 0.1) is 0 Å². The lowest BCUT2D eigenvalue weighted by atomic mass is 9.97. The van der Waals surface area contributed by atoms with Crippen LogP contribution in [0.25, 0.3) is 0 Å². The van der Waals surface area contributed by atoms with Crippen LogP contribution in [0.1, 0.15) is 57.8 Å². The van der Waals surface area contributed by atoms with E-state index in [9.17, 15) is 9.59 Å². The first kappa shape index (κ1) is 14.8. The van der Waals surface area contributed by atoms with Gasteiger partial charge in [-0.2, -0.15) is 0 Å². The van der Waals surface area contributed by atoms with Crippen LogP contribution in [-0.4, -0.2) is 25.2 Å². The Balaban J connectivity index is 2.31. The second kappa shape index (κ2) is 8.78. The monoisotopic (exact) mass is 255 g/mol. The molecule has 5 nitrogen and oxygen atoms in total. The van der Waals surface area contributed by atoms with Gasteiger partial charge in [-0.1, -0.05) is 44.9 Å². The summed E-state index contributed by atoms with van der Waals surface area (Å²) in [5, 5.41) is 7.49. The number of hydrogen-bond acceptors (Lipinski definition) is 2. The van der Waals surface area contributed by atoms with Crippen molar-refractivity contribution in [1.29, 1.82) is 0 Å². The molecule has 0 aromatic rings. The highest BCUT2D eigenvalue weighted by molar-refractivity contribution is 5.93. The van der Waals surface area contributed by atoms with Crippen LogP contribution >= 0.6 is 0 Å². The molecule has 104 valence electrons. The Morgan fingerprint density at radius 1 is 0.833 bits per heavy atom. The first-order chi connectivity index (χ1) is 8.72. The fraction of sp³-hybridized carbons (Fsp3) is 0.846. The van der Waals surface area contributed by atoms with E-state index in [1.807, 2.05) is 0 Å². The number of hydrogen-bond donors (Lipinski definition) is 3. The molecule has 0 radical (unpaired) electrons. The van der Waals surface area contributed by atoms with Crippen molar-refractivity contribution in [3.8, 4) is 0 Å². The van der Waals surface area contributed by atoms with E-state index in [0.717, 1.165) is 25.7 Å². The molecule has 0 spiro atoms. The van der Waals surface area contributed by atoms with Crippen LogP contribution in [0.4, 0.5) is 9.59 Å². The van der Waals surface area contributed by atoms with E-state index < -0.39 is 12.1 Å². The van der Waals surface area contributed by atoms with Gasteiger partial charge >= 0.3 is 12.1 Å². The molecule has 0 atom stereocenters. The summed E-state index contributed by atoms with van der Waals surface area (Å²) in [5.41, 5.74) is 0. The van der Waals surface area contributed by atoms with Crippen molar-refractivity contribution in [2.45, 2.75) is 63.8 Å². The molecule has 3 N–H and O–H groups in total. The number of urea groups is 2. The summed E-state index contributed by atoms with van der Waals surface area (Å²) in [5.74, 6) is 0. The number of nitrogens with one attached hydrogen (secondary N) is 3. The first-order valence-electron chi connectivity index (χ1n) is 7.01. The van der Waals surface area contributed by atoms with Crippen LogP contribution < -0.4 is 16.0 Å². The molecule has 0 heterocycles. The third-order valence-electron chi connectivity index (χ3n) is 3.39. The van der Waals surface area contributed by atoms with Crippen molar-refractivity contribution < 1.29 is 9.59 Å². The molecule has 4 amide bonds. The summed E-state index contributed by atoms with van der Waals surface area (Å²) in [6.07, 6.45) is 10.8. The minimum Gasteiger partial charge on any atom is -0.341 e. The van der Waals surface area contributed by atoms with Gasteiger partial charge in [0.25, 0.3) is 0 Å². The maximum Gasteiger partial charge on any atom is 0.323 e. The number of rotatable bonds is 1. The summed E-state index contributed by atoms with van der Waals surface area (Å²) in [4.78, 5) is 22.6. The van der Waals surface area contributed by atoms with E-state index in [0.29, 0.717) is 0 Å². The van der Waals surface area contributed by atoms with Crippen molar-refractivity contribution in [2.75, 3.05) is 7.05 Å². The molecule has 0 aromatic heterocycles. The van der Waals surface area contributed by atoms with Crippen molar-refractivity contribution in [3.05, 3.63) is 0 Å². The molecule has 0 bridgehead atoms. The summed E-state index contributed by atoms with van der Waals surface area (Å²) in [7, 11) is 1.49. The normalized spacial score (nSPS) is 18.7. The van der Waals surface area contributed by atoms with Gasteiger partial charge in [-0.05, 0) is 12.8 Å². The van der Waals surface area contributed by atoms with Crippen LogP contribution in [0.3, 0.4) is 0 Å². The van der Waals surface area contributed by atoms with Gasteiger partial charge in [-0.15, -0.1) is 0 Å². The Kier molecular flexibility index (Phi) is 7.22. The van der Waals surface area contributed by atoms with E-state index in [2.05, 4.69) is 16.0 Å². The predicted molar refractivity (Wildman–Crippen MR) is 71.5 cm³/mol. The van der Waals surface area contributed by atoms with Crippen molar-refractivity contribution in [1.82, 2.24) is 16.0 Å². The average molecular weight is 255 g/mol. The fourth-order valence-electron chi connectivity index (χ4n) is 2.34. The first-order valence-corrected chi connectivity index (χ1v) is 7.01. The molecule has 0 aliphatic heterocycles. The molecular weight excluding hydrogens is 230 g/mol. The Labute approximate surface area is 109 Å². The molecule has 1 saturated carbocycles. The van der Waals surface area contributed by atoms with E-state index in [1.54, 1.807) is 0 Å². The lowest BCUT2D eigenvalue weighted by Gasteiger charge is -2.20. The van der Waals surface area contributed by atoms with Gasteiger partial charge in [-0.25, -0.2) is 9.59 Å².